The van der Waals surface area contributed by atoms with Gasteiger partial charge in [0.15, 0.2) is 0 Å². The summed E-state index contributed by atoms with van der Waals surface area (Å²) in [7, 11) is 0. The Balaban J connectivity index is 1.89. The van der Waals surface area contributed by atoms with Crippen molar-refractivity contribution < 1.29 is 9.53 Å². The topological polar surface area (TPSA) is 45.3 Å². The van der Waals surface area contributed by atoms with Crippen LogP contribution >= 0.6 is 0 Å². The van der Waals surface area contributed by atoms with Crippen LogP contribution in [0.2, 0.25) is 0 Å². The molecule has 2 heterocycles. The van der Waals surface area contributed by atoms with Crippen LogP contribution in [-0.2, 0) is 4.74 Å². The fourth-order valence-corrected chi connectivity index (χ4v) is 2.79. The van der Waals surface area contributed by atoms with Crippen LogP contribution in [0.4, 0.5) is 4.79 Å². The molecule has 1 aliphatic rings. The molecular formula is C18H22N2O2. The highest BCUT2D eigenvalue weighted by Crippen LogP contribution is 2.31. The summed E-state index contributed by atoms with van der Waals surface area (Å²) in [6.07, 6.45) is 6.65. The predicted octanol–water partition coefficient (Wildman–Crippen LogP) is 4.41. The highest BCUT2D eigenvalue weighted by molar-refractivity contribution is 5.80. The Labute approximate surface area is 130 Å². The summed E-state index contributed by atoms with van der Waals surface area (Å²) in [6, 6.07) is 8.37. The van der Waals surface area contributed by atoms with E-state index >= 15 is 0 Å². The number of H-pyrrole nitrogens is 1. The highest BCUT2D eigenvalue weighted by Gasteiger charge is 2.29. The molecule has 1 N–H and O–H groups in total. The van der Waals surface area contributed by atoms with Crippen LogP contribution in [0.3, 0.4) is 0 Å². The summed E-state index contributed by atoms with van der Waals surface area (Å²) in [6.45, 7) is 6.27. The Hall–Kier alpha value is -2.23. The SMILES string of the molecule is CC(C)(C)OC(=O)N1CC=CCC1c1ccc2[nH]ccc2c1. The number of benzene rings is 1. The van der Waals surface area contributed by atoms with Crippen LogP contribution in [-0.4, -0.2) is 28.1 Å². The third-order valence-corrected chi connectivity index (χ3v) is 3.79. The van der Waals surface area contributed by atoms with Gasteiger partial charge >= 0.3 is 6.09 Å². The number of fused-ring (bicyclic) bond motifs is 1. The zero-order valence-electron chi connectivity index (χ0n) is 13.3. The van der Waals surface area contributed by atoms with Crippen LogP contribution in [0.1, 0.15) is 38.8 Å². The third-order valence-electron chi connectivity index (χ3n) is 3.79. The van der Waals surface area contributed by atoms with Gasteiger partial charge in [0.2, 0.25) is 0 Å². The molecule has 0 saturated carbocycles. The average molecular weight is 298 g/mol. The first-order chi connectivity index (χ1) is 10.4. The number of nitrogens with one attached hydrogen (secondary N) is 1. The van der Waals surface area contributed by atoms with Gasteiger partial charge in [0.1, 0.15) is 5.60 Å². The maximum Gasteiger partial charge on any atom is 0.411 e. The molecule has 3 rings (SSSR count). The van der Waals surface area contributed by atoms with Gasteiger partial charge in [-0.25, -0.2) is 4.79 Å². The Morgan fingerprint density at radius 1 is 1.27 bits per heavy atom. The Bertz CT molecular complexity index is 709. The number of hydrogen-bond acceptors (Lipinski definition) is 2. The van der Waals surface area contributed by atoms with E-state index in [1.54, 1.807) is 4.90 Å². The molecule has 1 unspecified atom stereocenters. The zero-order chi connectivity index (χ0) is 15.7. The molecule has 2 aromatic rings. The van der Waals surface area contributed by atoms with Gasteiger partial charge in [0.25, 0.3) is 0 Å². The van der Waals surface area contributed by atoms with Crippen molar-refractivity contribution in [3.8, 4) is 0 Å². The predicted molar refractivity (Wildman–Crippen MR) is 87.7 cm³/mol. The van der Waals surface area contributed by atoms with Gasteiger partial charge < -0.3 is 9.72 Å². The Morgan fingerprint density at radius 3 is 2.86 bits per heavy atom. The van der Waals surface area contributed by atoms with Crippen LogP contribution in [0.25, 0.3) is 10.9 Å². The summed E-state index contributed by atoms with van der Waals surface area (Å²) < 4.78 is 5.55. The number of carbonyl (C=O) groups is 1. The third kappa shape index (κ3) is 3.01. The summed E-state index contributed by atoms with van der Waals surface area (Å²) in [4.78, 5) is 17.5. The van der Waals surface area contributed by atoms with Gasteiger partial charge in [0.05, 0.1) is 6.04 Å². The lowest BCUT2D eigenvalue weighted by molar-refractivity contribution is 0.0176. The second kappa shape index (κ2) is 5.52. The summed E-state index contributed by atoms with van der Waals surface area (Å²) >= 11 is 0. The maximum atomic E-state index is 12.5. The summed E-state index contributed by atoms with van der Waals surface area (Å²) in [5.74, 6) is 0. The molecule has 1 atom stereocenters. The van der Waals surface area contributed by atoms with E-state index in [4.69, 9.17) is 4.74 Å². The number of aromatic nitrogens is 1. The minimum Gasteiger partial charge on any atom is -0.444 e. The van der Waals surface area contributed by atoms with E-state index in [0.717, 1.165) is 22.9 Å². The molecule has 0 radical (unpaired) electrons. The number of rotatable bonds is 1. The van der Waals surface area contributed by atoms with E-state index in [1.165, 1.54) is 0 Å². The first kappa shape index (κ1) is 14.7. The van der Waals surface area contributed by atoms with Crippen molar-refractivity contribution >= 4 is 17.0 Å². The molecule has 0 aliphatic carbocycles. The number of amides is 1. The standard InChI is InChI=1S/C18H22N2O2/c1-18(2,3)22-17(21)20-11-5-4-6-16(20)14-7-8-15-13(12-14)9-10-19-15/h4-5,7-10,12,16,19H,6,11H2,1-3H3. The lowest BCUT2D eigenvalue weighted by Crippen LogP contribution is -2.40. The molecule has 1 aromatic carbocycles. The van der Waals surface area contributed by atoms with Crippen molar-refractivity contribution in [1.82, 2.24) is 9.88 Å². The maximum absolute atomic E-state index is 12.5. The molecule has 4 heteroatoms. The first-order valence-electron chi connectivity index (χ1n) is 7.66. The lowest BCUT2D eigenvalue weighted by atomic mass is 9.98. The van der Waals surface area contributed by atoms with Gasteiger partial charge in [0, 0.05) is 18.3 Å². The molecule has 0 saturated heterocycles. The monoisotopic (exact) mass is 298 g/mol. The van der Waals surface area contributed by atoms with Crippen molar-refractivity contribution in [2.45, 2.75) is 38.8 Å². The quantitative estimate of drug-likeness (QED) is 0.793. The summed E-state index contributed by atoms with van der Waals surface area (Å²) in [5, 5.41) is 1.16. The second-order valence-corrected chi connectivity index (χ2v) is 6.68. The van der Waals surface area contributed by atoms with Gasteiger partial charge in [-0.3, -0.25) is 4.90 Å². The Kier molecular flexibility index (Phi) is 3.69. The Morgan fingerprint density at radius 2 is 2.09 bits per heavy atom. The fourth-order valence-electron chi connectivity index (χ4n) is 2.79. The van der Waals surface area contributed by atoms with E-state index in [0.29, 0.717) is 6.54 Å². The largest absolute Gasteiger partial charge is 0.444 e. The van der Waals surface area contributed by atoms with Crippen molar-refractivity contribution in [2.24, 2.45) is 0 Å². The molecule has 4 nitrogen and oxygen atoms in total. The van der Waals surface area contributed by atoms with E-state index < -0.39 is 5.60 Å². The van der Waals surface area contributed by atoms with Crippen molar-refractivity contribution in [1.29, 1.82) is 0 Å². The fraction of sp³-hybridized carbons (Fsp3) is 0.389. The minimum atomic E-state index is -0.479. The van der Waals surface area contributed by atoms with E-state index in [9.17, 15) is 4.79 Å². The number of hydrogen-bond donors (Lipinski definition) is 1. The normalized spacial score (nSPS) is 18.7. The molecule has 1 amide bonds. The van der Waals surface area contributed by atoms with E-state index in [1.807, 2.05) is 33.0 Å². The number of nitrogens with zero attached hydrogens (tertiary/aromatic N) is 1. The van der Waals surface area contributed by atoms with Gasteiger partial charge in [-0.2, -0.15) is 0 Å². The van der Waals surface area contributed by atoms with E-state index in [-0.39, 0.29) is 12.1 Å². The van der Waals surface area contributed by atoms with Crippen molar-refractivity contribution in [3.63, 3.8) is 0 Å². The molecule has 22 heavy (non-hydrogen) atoms. The first-order valence-corrected chi connectivity index (χ1v) is 7.66. The van der Waals surface area contributed by atoms with Gasteiger partial charge in [-0.05, 0) is 56.3 Å². The van der Waals surface area contributed by atoms with Crippen LogP contribution < -0.4 is 0 Å². The van der Waals surface area contributed by atoms with E-state index in [2.05, 4.69) is 35.3 Å². The second-order valence-electron chi connectivity index (χ2n) is 6.68. The highest BCUT2D eigenvalue weighted by atomic mass is 16.6. The van der Waals surface area contributed by atoms with Crippen molar-refractivity contribution in [3.05, 3.63) is 48.2 Å². The van der Waals surface area contributed by atoms with Crippen molar-refractivity contribution in [2.75, 3.05) is 6.54 Å². The molecule has 1 aromatic heterocycles. The molecular weight excluding hydrogens is 276 g/mol. The number of ether oxygens (including phenoxy) is 1. The zero-order valence-corrected chi connectivity index (χ0v) is 13.3. The molecule has 0 fully saturated rings. The van der Waals surface area contributed by atoms with Crippen LogP contribution in [0.5, 0.6) is 0 Å². The lowest BCUT2D eigenvalue weighted by Gasteiger charge is -2.34. The van der Waals surface area contributed by atoms with Crippen LogP contribution in [0.15, 0.2) is 42.6 Å². The number of carbonyl (C=O) groups excluding carboxylic acids is 1. The average Bonchev–Trinajstić information content (AvgIpc) is 2.92. The molecule has 1 aliphatic heterocycles. The molecule has 0 spiro atoms. The smallest absolute Gasteiger partial charge is 0.411 e. The number of aromatic amines is 1. The molecule has 116 valence electrons. The summed E-state index contributed by atoms with van der Waals surface area (Å²) in [5.41, 5.74) is 1.77. The minimum absolute atomic E-state index is 0.0270. The van der Waals surface area contributed by atoms with Gasteiger partial charge in [-0.1, -0.05) is 18.2 Å². The van der Waals surface area contributed by atoms with Gasteiger partial charge in [-0.15, -0.1) is 0 Å². The molecule has 0 bridgehead atoms. The van der Waals surface area contributed by atoms with Crippen LogP contribution in [0, 0.1) is 0 Å².